The lowest BCUT2D eigenvalue weighted by Crippen LogP contribution is -2.20. The zero-order chi connectivity index (χ0) is 13.5. The second-order valence-corrected chi connectivity index (χ2v) is 4.58. The Balaban J connectivity index is 1.64. The molecule has 0 radical (unpaired) electrons. The van der Waals surface area contributed by atoms with E-state index in [9.17, 15) is 10.2 Å². The molecule has 0 atom stereocenters. The molecule has 0 unspecified atom stereocenters. The van der Waals surface area contributed by atoms with E-state index < -0.39 is 0 Å². The largest absolute Gasteiger partial charge is 0.508 e. The van der Waals surface area contributed by atoms with Crippen molar-refractivity contribution >= 4 is 0 Å². The Morgan fingerprint density at radius 1 is 0.632 bits per heavy atom. The van der Waals surface area contributed by atoms with Crippen molar-refractivity contribution in [3.63, 3.8) is 0 Å². The first-order valence-electron chi connectivity index (χ1n) is 6.50. The average molecular weight is 257 g/mol. The number of nitrogens with one attached hydrogen (secondary N) is 1. The first kappa shape index (κ1) is 13.4. The van der Waals surface area contributed by atoms with Crippen molar-refractivity contribution < 1.29 is 10.2 Å². The summed E-state index contributed by atoms with van der Waals surface area (Å²) in [5, 5.41) is 21.7. The molecule has 3 nitrogen and oxygen atoms in total. The molecule has 0 bridgehead atoms. The van der Waals surface area contributed by atoms with Crippen LogP contribution in [-0.4, -0.2) is 23.3 Å². The minimum atomic E-state index is 0.309. The molecule has 100 valence electrons. The summed E-state index contributed by atoms with van der Waals surface area (Å²) in [6.07, 6.45) is 1.91. The summed E-state index contributed by atoms with van der Waals surface area (Å²) in [7, 11) is 0. The quantitative estimate of drug-likeness (QED) is 0.697. The monoisotopic (exact) mass is 257 g/mol. The number of phenols is 2. The molecule has 3 heteroatoms. The number of benzene rings is 2. The molecule has 0 amide bonds. The predicted octanol–water partition coefficient (Wildman–Crippen LogP) is 2.47. The Labute approximate surface area is 113 Å². The van der Waals surface area contributed by atoms with Crippen molar-refractivity contribution in [3.05, 3.63) is 59.7 Å². The number of aromatic hydroxyl groups is 2. The van der Waals surface area contributed by atoms with Crippen LogP contribution >= 0.6 is 0 Å². The van der Waals surface area contributed by atoms with Gasteiger partial charge in [0.05, 0.1) is 0 Å². The third-order valence-electron chi connectivity index (χ3n) is 3.05. The highest BCUT2D eigenvalue weighted by molar-refractivity contribution is 5.26. The van der Waals surface area contributed by atoms with Crippen LogP contribution in [0.4, 0.5) is 0 Å². The summed E-state index contributed by atoms with van der Waals surface area (Å²) in [5.74, 6) is 0.619. The molecule has 0 fully saturated rings. The Kier molecular flexibility index (Phi) is 4.81. The molecular weight excluding hydrogens is 238 g/mol. The van der Waals surface area contributed by atoms with Gasteiger partial charge in [-0.1, -0.05) is 24.3 Å². The van der Waals surface area contributed by atoms with Gasteiger partial charge < -0.3 is 15.5 Å². The van der Waals surface area contributed by atoms with Crippen molar-refractivity contribution in [2.24, 2.45) is 0 Å². The summed E-state index contributed by atoms with van der Waals surface area (Å²) in [6, 6.07) is 14.6. The van der Waals surface area contributed by atoms with Gasteiger partial charge in [0.25, 0.3) is 0 Å². The number of phenolic OH excluding ortho intramolecular Hbond substituents is 2. The van der Waals surface area contributed by atoms with Crippen LogP contribution in [0.5, 0.6) is 11.5 Å². The predicted molar refractivity (Wildman–Crippen MR) is 76.5 cm³/mol. The maximum absolute atomic E-state index is 9.18. The van der Waals surface area contributed by atoms with Gasteiger partial charge in [-0.15, -0.1) is 0 Å². The van der Waals surface area contributed by atoms with E-state index in [1.807, 2.05) is 24.3 Å². The first-order chi connectivity index (χ1) is 9.24. The normalized spacial score (nSPS) is 10.5. The van der Waals surface area contributed by atoms with Crippen molar-refractivity contribution in [2.45, 2.75) is 12.8 Å². The van der Waals surface area contributed by atoms with E-state index in [-0.39, 0.29) is 0 Å². The van der Waals surface area contributed by atoms with Crippen LogP contribution in [0.25, 0.3) is 0 Å². The van der Waals surface area contributed by atoms with Crippen LogP contribution in [0.1, 0.15) is 11.1 Å². The minimum absolute atomic E-state index is 0.309. The van der Waals surface area contributed by atoms with Gasteiger partial charge in [-0.2, -0.15) is 0 Å². The summed E-state index contributed by atoms with van der Waals surface area (Å²) in [6.45, 7) is 1.84. The number of rotatable bonds is 6. The summed E-state index contributed by atoms with van der Waals surface area (Å²) in [4.78, 5) is 0. The topological polar surface area (TPSA) is 52.5 Å². The Morgan fingerprint density at radius 3 is 1.37 bits per heavy atom. The summed E-state index contributed by atoms with van der Waals surface area (Å²) >= 11 is 0. The molecular formula is C16H19NO2. The van der Waals surface area contributed by atoms with Crippen LogP contribution in [-0.2, 0) is 12.8 Å². The smallest absolute Gasteiger partial charge is 0.115 e. The van der Waals surface area contributed by atoms with Gasteiger partial charge in [-0.3, -0.25) is 0 Å². The molecule has 0 saturated carbocycles. The average Bonchev–Trinajstić information content (AvgIpc) is 2.43. The Bertz CT molecular complexity index is 444. The zero-order valence-electron chi connectivity index (χ0n) is 10.8. The van der Waals surface area contributed by atoms with Crippen molar-refractivity contribution in [1.29, 1.82) is 0 Å². The van der Waals surface area contributed by atoms with Gasteiger partial charge in [-0.05, 0) is 61.3 Å². The van der Waals surface area contributed by atoms with Crippen LogP contribution in [0.15, 0.2) is 48.5 Å². The lowest BCUT2D eigenvalue weighted by Gasteiger charge is -2.05. The highest BCUT2D eigenvalue weighted by Gasteiger charge is 1.95. The van der Waals surface area contributed by atoms with Crippen molar-refractivity contribution in [2.75, 3.05) is 13.1 Å². The fourth-order valence-corrected chi connectivity index (χ4v) is 1.92. The maximum Gasteiger partial charge on any atom is 0.115 e. The molecule has 0 aliphatic heterocycles. The second-order valence-electron chi connectivity index (χ2n) is 4.58. The van der Waals surface area contributed by atoms with E-state index in [1.165, 1.54) is 11.1 Å². The van der Waals surface area contributed by atoms with Crippen molar-refractivity contribution in [1.82, 2.24) is 5.32 Å². The Morgan fingerprint density at radius 2 is 1.00 bits per heavy atom. The third kappa shape index (κ3) is 4.64. The molecule has 0 saturated heterocycles. The SMILES string of the molecule is Oc1ccc(CCNCCc2ccc(O)cc2)cc1. The molecule has 0 spiro atoms. The lowest BCUT2D eigenvalue weighted by atomic mass is 10.1. The zero-order valence-corrected chi connectivity index (χ0v) is 10.8. The standard InChI is InChI=1S/C16H19NO2/c18-15-5-1-13(2-6-15)9-11-17-12-10-14-3-7-16(19)8-4-14/h1-8,17-19H,9-12H2. The van der Waals surface area contributed by atoms with E-state index in [0.717, 1.165) is 25.9 Å². The van der Waals surface area contributed by atoms with E-state index in [4.69, 9.17) is 0 Å². The van der Waals surface area contributed by atoms with E-state index in [0.29, 0.717) is 11.5 Å². The molecule has 2 aromatic rings. The third-order valence-corrected chi connectivity index (χ3v) is 3.05. The molecule has 0 heterocycles. The van der Waals surface area contributed by atoms with Gasteiger partial charge in [0.1, 0.15) is 11.5 Å². The van der Waals surface area contributed by atoms with Crippen molar-refractivity contribution in [3.8, 4) is 11.5 Å². The van der Waals surface area contributed by atoms with Gasteiger partial charge in [0.15, 0.2) is 0 Å². The van der Waals surface area contributed by atoms with Crippen LogP contribution in [0.2, 0.25) is 0 Å². The molecule has 19 heavy (non-hydrogen) atoms. The first-order valence-corrected chi connectivity index (χ1v) is 6.50. The maximum atomic E-state index is 9.18. The minimum Gasteiger partial charge on any atom is -0.508 e. The lowest BCUT2D eigenvalue weighted by molar-refractivity contribution is 0.474. The summed E-state index contributed by atoms with van der Waals surface area (Å²) in [5.41, 5.74) is 2.44. The molecule has 2 aromatic carbocycles. The van der Waals surface area contributed by atoms with Crippen LogP contribution in [0, 0.1) is 0 Å². The molecule has 2 rings (SSSR count). The van der Waals surface area contributed by atoms with Gasteiger partial charge >= 0.3 is 0 Å². The molecule has 0 aliphatic rings. The van der Waals surface area contributed by atoms with Gasteiger partial charge in [-0.25, -0.2) is 0 Å². The Hall–Kier alpha value is -2.00. The number of hydrogen-bond donors (Lipinski definition) is 3. The molecule has 0 aliphatic carbocycles. The fourth-order valence-electron chi connectivity index (χ4n) is 1.92. The highest BCUT2D eigenvalue weighted by Crippen LogP contribution is 2.10. The van der Waals surface area contributed by atoms with Crippen LogP contribution < -0.4 is 5.32 Å². The number of hydrogen-bond acceptors (Lipinski definition) is 3. The van der Waals surface area contributed by atoms with Gasteiger partial charge in [0.2, 0.25) is 0 Å². The van der Waals surface area contributed by atoms with E-state index >= 15 is 0 Å². The van der Waals surface area contributed by atoms with Crippen LogP contribution in [0.3, 0.4) is 0 Å². The molecule has 0 aromatic heterocycles. The second kappa shape index (κ2) is 6.81. The van der Waals surface area contributed by atoms with Gasteiger partial charge in [0, 0.05) is 0 Å². The highest BCUT2D eigenvalue weighted by atomic mass is 16.3. The summed E-state index contributed by atoms with van der Waals surface area (Å²) < 4.78 is 0. The van der Waals surface area contributed by atoms with E-state index in [1.54, 1.807) is 24.3 Å². The van der Waals surface area contributed by atoms with E-state index in [2.05, 4.69) is 5.32 Å². The fraction of sp³-hybridized carbons (Fsp3) is 0.250. The molecule has 3 N–H and O–H groups in total.